The predicted octanol–water partition coefficient (Wildman–Crippen LogP) is 3.59. The Balaban J connectivity index is 2.79. The molecule has 3 rings (SSSR count). The Morgan fingerprint density at radius 3 is 2.57 bits per heavy atom. The van der Waals surface area contributed by atoms with Crippen LogP contribution in [0.4, 0.5) is 0 Å². The maximum Gasteiger partial charge on any atom is 0.164 e. The van der Waals surface area contributed by atoms with Gasteiger partial charge in [0.1, 0.15) is 0 Å². The predicted molar refractivity (Wildman–Crippen MR) is 38.8 cm³/mol. The van der Waals surface area contributed by atoms with E-state index in [1.54, 1.807) is 0 Å². The lowest BCUT2D eigenvalue weighted by Gasteiger charge is -1.65. The Labute approximate surface area is 44.7 Å². The van der Waals surface area contributed by atoms with E-state index in [4.69, 9.17) is 0 Å². The fraction of sp³-hybridized carbons (Fsp3) is 1.00. The first-order valence-electron chi connectivity index (χ1n) is 2.14. The van der Waals surface area contributed by atoms with E-state index in [0.29, 0.717) is 13.5 Å². The minimum atomic E-state index is 0.386. The second-order valence-corrected chi connectivity index (χ2v) is 17.3. The second-order valence-electron chi connectivity index (χ2n) is 1.77. The molecule has 0 fully saturated rings. The van der Waals surface area contributed by atoms with E-state index in [0.717, 1.165) is 10.9 Å². The fourth-order valence-electron chi connectivity index (χ4n) is 0.900. The minimum Gasteiger partial charge on any atom is -0.270 e. The number of rotatable bonds is 0. The van der Waals surface area contributed by atoms with Gasteiger partial charge in [0.15, 0.2) is 4.38 Å². The Kier molecular flexibility index (Phi) is 0.436. The molecule has 5 heteroatoms. The molecule has 0 aromatic rings. The highest BCUT2D eigenvalue weighted by atomic mass is 32.3. The van der Waals surface area contributed by atoms with E-state index in [1.165, 1.54) is 0 Å². The molecule has 0 saturated carbocycles. The van der Waals surface area contributed by atoms with Crippen molar-refractivity contribution in [2.24, 2.45) is 4.74 Å². The topological polar surface area (TPSA) is 12.4 Å². The molecule has 3 aliphatic rings. The molecule has 0 aliphatic carbocycles. The Morgan fingerprint density at radius 1 is 1.71 bits per heavy atom. The first kappa shape index (κ1) is 3.92. The van der Waals surface area contributed by atoms with Gasteiger partial charge in [-0.25, -0.2) is 0 Å². The molecule has 3 aliphatic heterocycles. The van der Waals surface area contributed by atoms with Crippen LogP contribution in [-0.2, 0) is 0 Å². The molecule has 0 amide bonds. The lowest BCUT2D eigenvalue weighted by molar-refractivity contribution is 1.51. The van der Waals surface area contributed by atoms with Gasteiger partial charge in [0.05, 0.1) is 0 Å². The smallest absolute Gasteiger partial charge is 0.164 e. The molecule has 0 saturated heterocycles. The summed E-state index contributed by atoms with van der Waals surface area (Å²) in [4.78, 5) is 0. The van der Waals surface area contributed by atoms with Crippen molar-refractivity contribution in [2.45, 2.75) is 4.38 Å². The van der Waals surface area contributed by atoms with Crippen molar-refractivity contribution in [3.63, 3.8) is 0 Å². The fourth-order valence-corrected chi connectivity index (χ4v) is 37.2. The van der Waals surface area contributed by atoms with Crippen LogP contribution in [0.3, 0.4) is 0 Å². The molecule has 0 bridgehead atoms. The molecule has 4 atom stereocenters. The summed E-state index contributed by atoms with van der Waals surface area (Å²) < 4.78 is 5.40. The van der Waals surface area contributed by atoms with Crippen LogP contribution in [0.25, 0.3) is 0 Å². The van der Waals surface area contributed by atoms with E-state index in [-0.39, 0.29) is 0 Å². The highest BCUT2D eigenvalue weighted by molar-refractivity contribution is 8.72. The second kappa shape index (κ2) is 0.778. The van der Waals surface area contributed by atoms with E-state index < -0.39 is 0 Å². The average molecular weight is 165 g/mol. The van der Waals surface area contributed by atoms with Crippen LogP contribution in [0.2, 0.25) is 0 Å². The third-order valence-corrected chi connectivity index (χ3v) is 29.1. The highest BCUT2D eigenvalue weighted by Crippen LogP contribution is 3.19. The van der Waals surface area contributed by atoms with Crippen LogP contribution in [0.5, 0.6) is 0 Å². The zero-order valence-corrected chi connectivity index (χ0v) is 7.31. The summed E-state index contributed by atoms with van der Waals surface area (Å²) in [6, 6.07) is 0. The standard InChI is InChI=1S/C2H3NP4/c1-3-5-2-4-6(2)7(2)5/h1H3. The Hall–Kier alpha value is 1.00. The van der Waals surface area contributed by atoms with E-state index in [2.05, 4.69) is 4.74 Å². The normalized spacial score (nSPS) is 65.6. The molecule has 36 valence electrons. The van der Waals surface area contributed by atoms with Crippen LogP contribution in [0.1, 0.15) is 0 Å². The maximum absolute atomic E-state index is 4.35. The van der Waals surface area contributed by atoms with Gasteiger partial charge in [-0.05, 0) is 20.9 Å². The number of hydrogen-bond acceptors (Lipinski definition) is 1. The summed E-state index contributed by atoms with van der Waals surface area (Å²) in [5.41, 5.74) is 0. The van der Waals surface area contributed by atoms with Crippen molar-refractivity contribution >= 4 is 27.9 Å². The van der Waals surface area contributed by atoms with E-state index >= 15 is 0 Å². The lowest BCUT2D eigenvalue weighted by Crippen LogP contribution is -1.49. The van der Waals surface area contributed by atoms with Crippen molar-refractivity contribution in [2.75, 3.05) is 7.05 Å². The summed E-state index contributed by atoms with van der Waals surface area (Å²) in [7, 11) is 4.25. The summed E-state index contributed by atoms with van der Waals surface area (Å²) in [5.74, 6) is 0. The molecule has 1 nitrogen and oxygen atoms in total. The van der Waals surface area contributed by atoms with Crippen LogP contribution in [0.15, 0.2) is 4.74 Å². The molecule has 0 N–H and O–H groups in total. The molecule has 0 aromatic carbocycles. The zero-order valence-electron chi connectivity index (χ0n) is 3.74. The molecule has 3 heterocycles. The zero-order chi connectivity index (χ0) is 4.65. The van der Waals surface area contributed by atoms with Crippen LogP contribution >= 0.6 is 27.9 Å². The lowest BCUT2D eigenvalue weighted by atomic mass is 11.6. The molecular formula is C2H3NP4. The van der Waals surface area contributed by atoms with Gasteiger partial charge in [0.2, 0.25) is 0 Å². The largest absolute Gasteiger partial charge is 0.270 e. The number of hydrogen-bond donors (Lipinski definition) is 0. The highest BCUT2D eigenvalue weighted by Gasteiger charge is 2.70. The summed E-state index contributed by atoms with van der Waals surface area (Å²) in [6.07, 6.45) is 0. The summed E-state index contributed by atoms with van der Waals surface area (Å²) in [5, 5.41) is 0. The van der Waals surface area contributed by atoms with Gasteiger partial charge in [-0.15, -0.1) is 0 Å². The summed E-state index contributed by atoms with van der Waals surface area (Å²) in [6.45, 7) is 1.44. The molecule has 0 aromatic heterocycles. The van der Waals surface area contributed by atoms with E-state index in [9.17, 15) is 0 Å². The van der Waals surface area contributed by atoms with Crippen molar-refractivity contribution < 1.29 is 0 Å². The average Bonchev–Trinajstić information content (AvgIpc) is 2.41. The van der Waals surface area contributed by atoms with Crippen molar-refractivity contribution in [3.8, 4) is 0 Å². The van der Waals surface area contributed by atoms with Crippen LogP contribution in [-0.4, -0.2) is 11.4 Å². The quantitative estimate of drug-likeness (QED) is 0.486. The molecule has 1 spiro atoms. The summed E-state index contributed by atoms with van der Waals surface area (Å²) >= 11 is 0. The first-order chi connectivity index (χ1) is 3.41. The van der Waals surface area contributed by atoms with Gasteiger partial charge >= 0.3 is 0 Å². The Bertz CT molecular complexity index is 368. The van der Waals surface area contributed by atoms with Crippen LogP contribution in [0, 0.1) is 0 Å². The van der Waals surface area contributed by atoms with Crippen LogP contribution < -0.4 is 0 Å². The Morgan fingerprint density at radius 2 is 2.43 bits per heavy atom. The van der Waals surface area contributed by atoms with Gasteiger partial charge in [0, 0.05) is 14.0 Å². The molecule has 4 unspecified atom stereocenters. The van der Waals surface area contributed by atoms with Crippen molar-refractivity contribution in [1.82, 2.24) is 0 Å². The van der Waals surface area contributed by atoms with Gasteiger partial charge in [-0.2, -0.15) is 0 Å². The monoisotopic (exact) mass is 165 g/mol. The van der Waals surface area contributed by atoms with E-state index in [1.807, 2.05) is 14.9 Å². The third-order valence-electron chi connectivity index (χ3n) is 1.46. The first-order valence-corrected chi connectivity index (χ1v) is 9.13. The maximum atomic E-state index is 4.35. The van der Waals surface area contributed by atoms with Gasteiger partial charge in [-0.3, -0.25) is 4.74 Å². The van der Waals surface area contributed by atoms with Crippen molar-refractivity contribution in [1.29, 1.82) is 0 Å². The SMILES string of the molecule is CN=P1=P2=P3=PC132. The molecule has 7 heavy (non-hydrogen) atoms. The minimum absolute atomic E-state index is 0.386. The van der Waals surface area contributed by atoms with Crippen molar-refractivity contribution in [3.05, 3.63) is 0 Å². The molecular weight excluding hydrogens is 162 g/mol. The molecule has 0 radical (unpaired) electrons. The van der Waals surface area contributed by atoms with Gasteiger partial charge in [0.25, 0.3) is 0 Å². The number of nitrogens with zero attached hydrogens (tertiary/aromatic N) is 1. The van der Waals surface area contributed by atoms with Gasteiger partial charge < -0.3 is 0 Å². The van der Waals surface area contributed by atoms with Gasteiger partial charge in [-0.1, -0.05) is 0 Å². The third kappa shape index (κ3) is 0.223.